The first-order valence-electron chi connectivity index (χ1n) is 6.98. The van der Waals surface area contributed by atoms with Gasteiger partial charge in [0.15, 0.2) is 0 Å². The minimum Gasteiger partial charge on any atom is -0.309 e. The molecule has 0 saturated carbocycles. The number of likely N-dealkylation sites (tertiary alicyclic amines) is 1. The van der Waals surface area contributed by atoms with Crippen LogP contribution in [0.25, 0.3) is 0 Å². The molecule has 1 N–H and O–H groups in total. The van der Waals surface area contributed by atoms with E-state index in [2.05, 4.69) is 17.1 Å². The lowest BCUT2D eigenvalue weighted by Gasteiger charge is -2.32. The van der Waals surface area contributed by atoms with Gasteiger partial charge in [-0.15, -0.1) is 0 Å². The fourth-order valence-electron chi connectivity index (χ4n) is 2.57. The maximum absolute atomic E-state index is 10.8. The van der Waals surface area contributed by atoms with Crippen molar-refractivity contribution < 1.29 is 4.92 Å². The van der Waals surface area contributed by atoms with Crippen LogP contribution >= 0.6 is 11.6 Å². The van der Waals surface area contributed by atoms with Gasteiger partial charge in [0.25, 0.3) is 5.69 Å². The number of likely N-dealkylation sites (N-methyl/N-ethyl adjacent to an activating group) is 1. The molecule has 0 aliphatic carbocycles. The van der Waals surface area contributed by atoms with Gasteiger partial charge in [0.2, 0.25) is 0 Å². The fraction of sp³-hybridized carbons (Fsp3) is 0.571. The predicted octanol–water partition coefficient (Wildman–Crippen LogP) is 2.82. The third kappa shape index (κ3) is 3.91. The molecule has 1 saturated heterocycles. The molecular weight excluding hydrogens is 278 g/mol. The minimum absolute atomic E-state index is 0.0880. The van der Waals surface area contributed by atoms with E-state index in [-0.39, 0.29) is 10.6 Å². The topological polar surface area (TPSA) is 58.4 Å². The zero-order valence-electron chi connectivity index (χ0n) is 11.6. The van der Waals surface area contributed by atoms with Gasteiger partial charge in [-0.2, -0.15) is 0 Å². The third-order valence-electron chi connectivity index (χ3n) is 3.77. The van der Waals surface area contributed by atoms with Gasteiger partial charge in [0, 0.05) is 36.3 Å². The highest BCUT2D eigenvalue weighted by molar-refractivity contribution is 6.31. The van der Waals surface area contributed by atoms with Crippen molar-refractivity contribution in [2.24, 2.45) is 0 Å². The van der Waals surface area contributed by atoms with E-state index in [0.717, 1.165) is 31.6 Å². The second kappa shape index (κ2) is 7.02. The Hall–Kier alpha value is -1.17. The van der Waals surface area contributed by atoms with Crippen molar-refractivity contribution in [3.05, 3.63) is 38.9 Å². The summed E-state index contributed by atoms with van der Waals surface area (Å²) in [4.78, 5) is 12.8. The Morgan fingerprint density at radius 2 is 2.35 bits per heavy atom. The molecule has 1 unspecified atom stereocenters. The van der Waals surface area contributed by atoms with Gasteiger partial charge in [-0.3, -0.25) is 10.1 Å². The lowest BCUT2D eigenvalue weighted by molar-refractivity contribution is -0.384. The van der Waals surface area contributed by atoms with Crippen LogP contribution in [0.5, 0.6) is 0 Å². The number of nitro benzene ring substituents is 1. The molecule has 110 valence electrons. The molecule has 0 bridgehead atoms. The summed E-state index contributed by atoms with van der Waals surface area (Å²) in [5, 5.41) is 14.8. The Bertz CT molecular complexity index is 481. The fourth-order valence-corrected chi connectivity index (χ4v) is 2.76. The first kappa shape index (κ1) is 15.2. The second-order valence-electron chi connectivity index (χ2n) is 5.15. The van der Waals surface area contributed by atoms with Crippen molar-refractivity contribution in [3.8, 4) is 0 Å². The van der Waals surface area contributed by atoms with Gasteiger partial charge in [-0.05, 0) is 37.6 Å². The van der Waals surface area contributed by atoms with Crippen LogP contribution in [0.3, 0.4) is 0 Å². The van der Waals surface area contributed by atoms with E-state index in [1.165, 1.54) is 12.5 Å². The molecule has 1 aromatic rings. The monoisotopic (exact) mass is 297 g/mol. The van der Waals surface area contributed by atoms with Crippen LogP contribution < -0.4 is 5.32 Å². The van der Waals surface area contributed by atoms with Crippen LogP contribution in [0.15, 0.2) is 18.2 Å². The first-order chi connectivity index (χ1) is 9.60. The molecule has 2 rings (SSSR count). The van der Waals surface area contributed by atoms with Gasteiger partial charge in [-0.25, -0.2) is 0 Å². The van der Waals surface area contributed by atoms with Gasteiger partial charge in [0.1, 0.15) is 0 Å². The zero-order chi connectivity index (χ0) is 14.5. The number of nitrogens with zero attached hydrogens (tertiary/aromatic N) is 2. The number of halogens is 1. The quantitative estimate of drug-likeness (QED) is 0.671. The van der Waals surface area contributed by atoms with E-state index in [4.69, 9.17) is 11.6 Å². The molecule has 6 heteroatoms. The highest BCUT2D eigenvalue weighted by Gasteiger charge is 2.18. The Morgan fingerprint density at radius 1 is 1.55 bits per heavy atom. The summed E-state index contributed by atoms with van der Waals surface area (Å²) in [6.45, 7) is 5.99. The van der Waals surface area contributed by atoms with Crippen LogP contribution in [-0.4, -0.2) is 35.5 Å². The maximum Gasteiger partial charge on any atom is 0.269 e. The second-order valence-corrected chi connectivity index (χ2v) is 5.55. The van der Waals surface area contributed by atoms with E-state index in [0.29, 0.717) is 17.6 Å². The summed E-state index contributed by atoms with van der Waals surface area (Å²) in [5.74, 6) is 0. The number of nitro groups is 1. The molecule has 0 spiro atoms. The summed E-state index contributed by atoms with van der Waals surface area (Å²) in [7, 11) is 0. The van der Waals surface area contributed by atoms with Crippen molar-refractivity contribution in [1.29, 1.82) is 0 Å². The molecule has 1 aliphatic rings. The predicted molar refractivity (Wildman–Crippen MR) is 80.1 cm³/mol. The highest BCUT2D eigenvalue weighted by atomic mass is 35.5. The molecule has 1 atom stereocenters. The molecule has 1 heterocycles. The van der Waals surface area contributed by atoms with E-state index < -0.39 is 0 Å². The van der Waals surface area contributed by atoms with E-state index in [1.807, 2.05) is 0 Å². The number of non-ortho nitro benzene ring substituents is 1. The van der Waals surface area contributed by atoms with Gasteiger partial charge < -0.3 is 10.2 Å². The van der Waals surface area contributed by atoms with Crippen molar-refractivity contribution in [1.82, 2.24) is 10.2 Å². The lowest BCUT2D eigenvalue weighted by atomic mass is 10.1. The van der Waals surface area contributed by atoms with E-state index in [1.54, 1.807) is 12.1 Å². The lowest BCUT2D eigenvalue weighted by Crippen LogP contribution is -2.45. The Labute approximate surface area is 124 Å². The smallest absolute Gasteiger partial charge is 0.269 e. The largest absolute Gasteiger partial charge is 0.309 e. The number of benzene rings is 1. The Balaban J connectivity index is 1.96. The number of hydrogen-bond acceptors (Lipinski definition) is 4. The number of hydrogen-bond donors (Lipinski definition) is 1. The summed E-state index contributed by atoms with van der Waals surface area (Å²) >= 11 is 6.10. The normalized spacial score (nSPS) is 20.0. The van der Waals surface area contributed by atoms with Crippen LogP contribution in [0.1, 0.15) is 25.3 Å². The molecule has 0 aromatic heterocycles. The number of rotatable bonds is 5. The van der Waals surface area contributed by atoms with Crippen LogP contribution in [0.4, 0.5) is 5.69 Å². The third-order valence-corrected chi connectivity index (χ3v) is 4.14. The summed E-state index contributed by atoms with van der Waals surface area (Å²) in [6, 6.07) is 5.01. The van der Waals surface area contributed by atoms with Crippen molar-refractivity contribution >= 4 is 17.3 Å². The number of piperidine rings is 1. The van der Waals surface area contributed by atoms with Crippen LogP contribution in [0, 0.1) is 10.1 Å². The molecular formula is C14H20ClN3O2. The van der Waals surface area contributed by atoms with Crippen LogP contribution in [-0.2, 0) is 6.54 Å². The first-order valence-corrected chi connectivity index (χ1v) is 7.36. The Morgan fingerprint density at radius 3 is 3.05 bits per heavy atom. The van der Waals surface area contributed by atoms with E-state index in [9.17, 15) is 10.1 Å². The zero-order valence-corrected chi connectivity index (χ0v) is 12.4. The average molecular weight is 298 g/mol. The van der Waals surface area contributed by atoms with Crippen molar-refractivity contribution in [2.75, 3.05) is 19.6 Å². The molecule has 1 aliphatic heterocycles. The van der Waals surface area contributed by atoms with Gasteiger partial charge >= 0.3 is 0 Å². The Kier molecular flexibility index (Phi) is 5.34. The number of nitrogens with one attached hydrogen (secondary N) is 1. The van der Waals surface area contributed by atoms with Gasteiger partial charge in [-0.1, -0.05) is 18.5 Å². The van der Waals surface area contributed by atoms with Crippen molar-refractivity contribution in [2.45, 2.75) is 32.4 Å². The summed E-state index contributed by atoms with van der Waals surface area (Å²) in [6.07, 6.45) is 2.33. The average Bonchev–Trinajstić information content (AvgIpc) is 2.46. The highest BCUT2D eigenvalue weighted by Crippen LogP contribution is 2.22. The maximum atomic E-state index is 10.8. The molecule has 20 heavy (non-hydrogen) atoms. The molecule has 5 nitrogen and oxygen atoms in total. The van der Waals surface area contributed by atoms with Crippen LogP contribution in [0.2, 0.25) is 5.02 Å². The molecule has 1 aromatic carbocycles. The molecule has 0 amide bonds. The summed E-state index contributed by atoms with van der Waals surface area (Å²) < 4.78 is 0. The SMILES string of the molecule is CCN1CCCC(NCc2cc([N+](=O)[O-])ccc2Cl)C1. The molecule has 0 radical (unpaired) electrons. The van der Waals surface area contributed by atoms with Gasteiger partial charge in [0.05, 0.1) is 4.92 Å². The van der Waals surface area contributed by atoms with Crippen molar-refractivity contribution in [3.63, 3.8) is 0 Å². The minimum atomic E-state index is -0.390. The van der Waals surface area contributed by atoms with E-state index >= 15 is 0 Å². The standard InChI is InChI=1S/C14H20ClN3O2/c1-2-17-7-3-4-12(10-17)16-9-11-8-13(18(19)20)5-6-14(11)15/h5-6,8,12,16H,2-4,7,9-10H2,1H3. The summed E-state index contributed by atoms with van der Waals surface area (Å²) in [5.41, 5.74) is 0.875. The molecule has 1 fully saturated rings.